The largest absolute Gasteiger partial charge is 0.392 e. The number of halogens is 2. The highest BCUT2D eigenvalue weighted by Gasteiger charge is 2.13. The van der Waals surface area contributed by atoms with Gasteiger partial charge in [0.25, 0.3) is 0 Å². The number of aromatic nitrogens is 1. The smallest absolute Gasteiger partial charge is 0.115 e. The maximum atomic E-state index is 9.26. The average molecular weight is 244 g/mol. The Hall–Kier alpha value is -0.700. The Morgan fingerprint density at radius 3 is 2.67 bits per heavy atom. The summed E-state index contributed by atoms with van der Waals surface area (Å²) in [4.78, 5) is 0. The van der Waals surface area contributed by atoms with Crippen LogP contribution in [0.2, 0.25) is 10.2 Å². The van der Waals surface area contributed by atoms with E-state index in [-0.39, 0.29) is 6.61 Å². The molecule has 0 aliphatic heterocycles. The SMILES string of the molecule is CCn1c(Cl)c(CO)c2ccc(Cl)cc21. The monoisotopic (exact) mass is 243 g/mol. The Kier molecular flexibility index (Phi) is 2.91. The van der Waals surface area contributed by atoms with Crippen LogP contribution >= 0.6 is 23.2 Å². The predicted molar refractivity (Wildman–Crippen MR) is 63.6 cm³/mol. The van der Waals surface area contributed by atoms with Crippen LogP contribution in [0.1, 0.15) is 12.5 Å². The number of hydrogen-bond acceptors (Lipinski definition) is 1. The second-order valence-electron chi connectivity index (χ2n) is 3.33. The molecule has 0 fully saturated rings. The van der Waals surface area contributed by atoms with E-state index in [4.69, 9.17) is 23.2 Å². The predicted octanol–water partition coefficient (Wildman–Crippen LogP) is 3.46. The molecule has 0 saturated heterocycles. The molecule has 80 valence electrons. The summed E-state index contributed by atoms with van der Waals surface area (Å²) < 4.78 is 1.94. The second kappa shape index (κ2) is 4.05. The molecule has 2 nitrogen and oxygen atoms in total. The lowest BCUT2D eigenvalue weighted by Gasteiger charge is -2.02. The molecule has 0 amide bonds. The van der Waals surface area contributed by atoms with E-state index in [1.54, 1.807) is 6.07 Å². The van der Waals surface area contributed by atoms with Crippen molar-refractivity contribution >= 4 is 34.1 Å². The zero-order valence-corrected chi connectivity index (χ0v) is 9.81. The van der Waals surface area contributed by atoms with Crippen LogP contribution in [-0.2, 0) is 13.2 Å². The summed E-state index contributed by atoms with van der Waals surface area (Å²) in [7, 11) is 0. The number of aliphatic hydroxyl groups excluding tert-OH is 1. The van der Waals surface area contributed by atoms with Crippen molar-refractivity contribution in [2.45, 2.75) is 20.1 Å². The van der Waals surface area contributed by atoms with E-state index in [0.717, 1.165) is 23.0 Å². The van der Waals surface area contributed by atoms with Crippen LogP contribution in [0, 0.1) is 0 Å². The molecular weight excluding hydrogens is 233 g/mol. The van der Waals surface area contributed by atoms with Crippen molar-refractivity contribution in [3.05, 3.63) is 33.9 Å². The van der Waals surface area contributed by atoms with E-state index < -0.39 is 0 Å². The average Bonchev–Trinajstić information content (AvgIpc) is 2.48. The quantitative estimate of drug-likeness (QED) is 0.859. The third-order valence-electron chi connectivity index (χ3n) is 2.54. The Bertz CT molecular complexity index is 505. The fourth-order valence-electron chi connectivity index (χ4n) is 1.82. The summed E-state index contributed by atoms with van der Waals surface area (Å²) in [5.41, 5.74) is 1.74. The maximum Gasteiger partial charge on any atom is 0.115 e. The van der Waals surface area contributed by atoms with Crippen molar-refractivity contribution < 1.29 is 5.11 Å². The molecule has 0 bridgehead atoms. The molecule has 0 saturated carbocycles. The fourth-order valence-corrected chi connectivity index (χ4v) is 2.36. The van der Waals surface area contributed by atoms with Gasteiger partial charge < -0.3 is 9.67 Å². The van der Waals surface area contributed by atoms with Crippen LogP contribution in [0.4, 0.5) is 0 Å². The zero-order valence-electron chi connectivity index (χ0n) is 8.30. The van der Waals surface area contributed by atoms with Crippen LogP contribution in [-0.4, -0.2) is 9.67 Å². The minimum Gasteiger partial charge on any atom is -0.392 e. The molecule has 4 heteroatoms. The number of aliphatic hydroxyl groups is 1. The molecule has 0 aliphatic carbocycles. The molecule has 0 aliphatic rings. The Morgan fingerprint density at radius 1 is 1.33 bits per heavy atom. The molecule has 15 heavy (non-hydrogen) atoms. The third kappa shape index (κ3) is 1.63. The van der Waals surface area contributed by atoms with E-state index in [1.807, 2.05) is 23.6 Å². The van der Waals surface area contributed by atoms with E-state index in [0.29, 0.717) is 10.2 Å². The van der Waals surface area contributed by atoms with Gasteiger partial charge in [0.05, 0.1) is 12.1 Å². The Labute approximate surface area is 98.0 Å². The van der Waals surface area contributed by atoms with Gasteiger partial charge in [-0.25, -0.2) is 0 Å². The molecule has 0 spiro atoms. The molecule has 1 N–H and O–H groups in total. The molecule has 0 atom stereocenters. The highest BCUT2D eigenvalue weighted by Crippen LogP contribution is 2.31. The highest BCUT2D eigenvalue weighted by molar-refractivity contribution is 6.33. The second-order valence-corrected chi connectivity index (χ2v) is 4.13. The van der Waals surface area contributed by atoms with E-state index in [9.17, 15) is 5.11 Å². The van der Waals surface area contributed by atoms with Gasteiger partial charge in [0.2, 0.25) is 0 Å². The van der Waals surface area contributed by atoms with Crippen molar-refractivity contribution in [2.75, 3.05) is 0 Å². The summed E-state index contributed by atoms with van der Waals surface area (Å²) in [6.07, 6.45) is 0. The van der Waals surface area contributed by atoms with Gasteiger partial charge in [-0.2, -0.15) is 0 Å². The fraction of sp³-hybridized carbons (Fsp3) is 0.273. The van der Waals surface area contributed by atoms with Gasteiger partial charge >= 0.3 is 0 Å². The Balaban J connectivity index is 2.85. The maximum absolute atomic E-state index is 9.26. The van der Waals surface area contributed by atoms with Gasteiger partial charge in [-0.05, 0) is 19.1 Å². The number of hydrogen-bond donors (Lipinski definition) is 1. The molecule has 0 unspecified atom stereocenters. The number of nitrogens with zero attached hydrogens (tertiary/aromatic N) is 1. The lowest BCUT2D eigenvalue weighted by Crippen LogP contribution is -1.93. The Morgan fingerprint density at radius 2 is 2.07 bits per heavy atom. The topological polar surface area (TPSA) is 25.2 Å². The van der Waals surface area contributed by atoms with Gasteiger partial charge in [-0.15, -0.1) is 0 Å². The van der Waals surface area contributed by atoms with E-state index in [1.165, 1.54) is 0 Å². The lowest BCUT2D eigenvalue weighted by molar-refractivity contribution is 0.283. The van der Waals surface area contributed by atoms with Gasteiger partial charge in [0.15, 0.2) is 0 Å². The minimum atomic E-state index is -0.0516. The standard InChI is InChI=1S/C11H11Cl2NO/c1-2-14-10-5-7(12)3-4-8(10)9(6-15)11(14)13/h3-5,15H,2,6H2,1H3. The summed E-state index contributed by atoms with van der Waals surface area (Å²) in [6, 6.07) is 5.56. The van der Waals surface area contributed by atoms with Crippen molar-refractivity contribution in [2.24, 2.45) is 0 Å². The van der Waals surface area contributed by atoms with Crippen LogP contribution < -0.4 is 0 Å². The first-order valence-corrected chi connectivity index (χ1v) is 5.51. The van der Waals surface area contributed by atoms with Gasteiger partial charge in [-0.1, -0.05) is 29.3 Å². The number of fused-ring (bicyclic) bond motifs is 1. The van der Waals surface area contributed by atoms with Crippen LogP contribution in [0.3, 0.4) is 0 Å². The van der Waals surface area contributed by atoms with E-state index in [2.05, 4.69) is 0 Å². The molecule has 0 radical (unpaired) electrons. The number of benzene rings is 1. The van der Waals surface area contributed by atoms with Crippen LogP contribution in [0.15, 0.2) is 18.2 Å². The highest BCUT2D eigenvalue weighted by atomic mass is 35.5. The van der Waals surface area contributed by atoms with Gasteiger partial charge in [-0.3, -0.25) is 0 Å². The molecule has 1 heterocycles. The van der Waals surface area contributed by atoms with Crippen molar-refractivity contribution in [1.29, 1.82) is 0 Å². The van der Waals surface area contributed by atoms with Gasteiger partial charge in [0, 0.05) is 22.5 Å². The third-order valence-corrected chi connectivity index (χ3v) is 3.20. The van der Waals surface area contributed by atoms with Crippen molar-refractivity contribution in [3.63, 3.8) is 0 Å². The number of rotatable bonds is 2. The molecule has 1 aromatic heterocycles. The first kappa shape index (κ1) is 10.8. The minimum absolute atomic E-state index is 0.0516. The van der Waals surface area contributed by atoms with Gasteiger partial charge in [0.1, 0.15) is 5.15 Å². The molecule has 1 aromatic carbocycles. The molecule has 2 aromatic rings. The summed E-state index contributed by atoms with van der Waals surface area (Å²) in [5.74, 6) is 0. The first-order chi connectivity index (χ1) is 7.19. The van der Waals surface area contributed by atoms with Crippen LogP contribution in [0.5, 0.6) is 0 Å². The number of aryl methyl sites for hydroxylation is 1. The molecule has 2 rings (SSSR count). The zero-order chi connectivity index (χ0) is 11.0. The first-order valence-electron chi connectivity index (χ1n) is 4.76. The normalized spacial score (nSPS) is 11.2. The van der Waals surface area contributed by atoms with E-state index >= 15 is 0 Å². The molecular formula is C11H11Cl2NO. The summed E-state index contributed by atoms with van der Waals surface area (Å²) in [6.45, 7) is 2.72. The van der Waals surface area contributed by atoms with Crippen LogP contribution in [0.25, 0.3) is 10.9 Å². The van der Waals surface area contributed by atoms with Crippen molar-refractivity contribution in [3.8, 4) is 0 Å². The summed E-state index contributed by atoms with van der Waals surface area (Å²) in [5, 5.41) is 11.5. The van der Waals surface area contributed by atoms with Crippen molar-refractivity contribution in [1.82, 2.24) is 4.57 Å². The lowest BCUT2D eigenvalue weighted by atomic mass is 10.2. The summed E-state index contributed by atoms with van der Waals surface area (Å²) >= 11 is 12.1.